The molecule has 0 saturated carbocycles. The van der Waals surface area contributed by atoms with E-state index in [4.69, 9.17) is 11.6 Å². The molecule has 0 aliphatic rings. The van der Waals surface area contributed by atoms with Gasteiger partial charge in [-0.15, -0.1) is 0 Å². The van der Waals surface area contributed by atoms with Gasteiger partial charge in [-0.3, -0.25) is 9.59 Å². The summed E-state index contributed by atoms with van der Waals surface area (Å²) in [7, 11) is 0. The number of hydrogen-bond donors (Lipinski definition) is 0. The van der Waals surface area contributed by atoms with Crippen LogP contribution in [0.5, 0.6) is 0 Å². The van der Waals surface area contributed by atoms with E-state index >= 15 is 0 Å². The Morgan fingerprint density at radius 3 is 2.00 bits per heavy atom. The second kappa shape index (κ2) is 7.62. The minimum atomic E-state index is -0.332. The van der Waals surface area contributed by atoms with Gasteiger partial charge in [0.05, 0.1) is 5.56 Å². The molecule has 3 aromatic carbocycles. The van der Waals surface area contributed by atoms with Crippen LogP contribution in [0.15, 0.2) is 91.1 Å². The summed E-state index contributed by atoms with van der Waals surface area (Å²) >= 11 is 5.90. The number of hydrogen-bond acceptors (Lipinski definition) is 3. The van der Waals surface area contributed by atoms with E-state index < -0.39 is 0 Å². The fraction of sp³-hybridized carbons (Fsp3) is 0. The van der Waals surface area contributed by atoms with Crippen LogP contribution in [0.4, 0.5) is 0 Å². The van der Waals surface area contributed by atoms with Gasteiger partial charge < -0.3 is 0 Å². The van der Waals surface area contributed by atoms with Gasteiger partial charge in [0.2, 0.25) is 0 Å². The zero-order chi connectivity index (χ0) is 19.5. The summed E-state index contributed by atoms with van der Waals surface area (Å²) in [5.74, 6) is -0.518. The molecule has 5 heteroatoms. The predicted octanol–water partition coefficient (Wildman–Crippen LogP) is 5.12. The normalized spacial score (nSPS) is 10.6. The van der Waals surface area contributed by atoms with Gasteiger partial charge in [-0.05, 0) is 24.3 Å². The van der Waals surface area contributed by atoms with Gasteiger partial charge in [0.15, 0.2) is 5.78 Å². The van der Waals surface area contributed by atoms with Crippen LogP contribution in [0, 0.1) is 0 Å². The van der Waals surface area contributed by atoms with Crippen LogP contribution in [-0.4, -0.2) is 21.5 Å². The lowest BCUT2D eigenvalue weighted by molar-refractivity contribution is 0.0945. The van der Waals surface area contributed by atoms with Gasteiger partial charge in [0, 0.05) is 27.9 Å². The molecule has 0 N–H and O–H groups in total. The summed E-state index contributed by atoms with van der Waals surface area (Å²) in [5.41, 5.74) is 2.59. The van der Waals surface area contributed by atoms with Crippen LogP contribution < -0.4 is 0 Å². The van der Waals surface area contributed by atoms with Gasteiger partial charge in [0.25, 0.3) is 5.91 Å². The van der Waals surface area contributed by atoms with Crippen molar-refractivity contribution in [3.05, 3.63) is 113 Å². The number of rotatable bonds is 4. The highest BCUT2D eigenvalue weighted by Gasteiger charge is 2.22. The molecule has 0 aliphatic carbocycles. The van der Waals surface area contributed by atoms with Gasteiger partial charge in [-0.25, -0.2) is 4.68 Å². The van der Waals surface area contributed by atoms with Crippen LogP contribution >= 0.6 is 11.6 Å². The Balaban J connectivity index is 1.81. The Labute approximate surface area is 167 Å². The Kier molecular flexibility index (Phi) is 4.87. The molecule has 0 spiro atoms. The van der Waals surface area contributed by atoms with Crippen LogP contribution in [0.3, 0.4) is 0 Å². The van der Waals surface area contributed by atoms with E-state index in [-0.39, 0.29) is 11.7 Å². The second-order valence-corrected chi connectivity index (χ2v) is 6.65. The lowest BCUT2D eigenvalue weighted by Crippen LogP contribution is -2.12. The quantitative estimate of drug-likeness (QED) is 0.457. The van der Waals surface area contributed by atoms with E-state index in [9.17, 15) is 9.59 Å². The van der Waals surface area contributed by atoms with Crippen molar-refractivity contribution in [2.24, 2.45) is 0 Å². The minimum Gasteiger partial charge on any atom is -0.288 e. The van der Waals surface area contributed by atoms with Crippen LogP contribution in [0.1, 0.15) is 26.3 Å². The molecule has 0 saturated heterocycles. The molecule has 0 radical (unpaired) electrons. The predicted molar refractivity (Wildman–Crippen MR) is 109 cm³/mol. The third-order valence-electron chi connectivity index (χ3n) is 4.34. The van der Waals surface area contributed by atoms with E-state index in [2.05, 4.69) is 5.10 Å². The number of carbonyl (C=O) groups excluding carboxylic acids is 2. The summed E-state index contributed by atoms with van der Waals surface area (Å²) in [6.45, 7) is 0. The first-order valence-electron chi connectivity index (χ1n) is 8.68. The fourth-order valence-electron chi connectivity index (χ4n) is 2.92. The molecule has 28 heavy (non-hydrogen) atoms. The average Bonchev–Trinajstić information content (AvgIpc) is 3.20. The van der Waals surface area contributed by atoms with Crippen molar-refractivity contribution >= 4 is 23.3 Å². The molecule has 0 bridgehead atoms. The number of nitrogens with zero attached hydrogens (tertiary/aromatic N) is 2. The number of benzene rings is 3. The number of aromatic nitrogens is 2. The molecule has 1 aromatic heterocycles. The highest BCUT2D eigenvalue weighted by molar-refractivity contribution is 6.30. The zero-order valence-corrected chi connectivity index (χ0v) is 15.5. The first-order valence-corrected chi connectivity index (χ1v) is 9.06. The van der Waals surface area contributed by atoms with Crippen LogP contribution in [0.2, 0.25) is 5.02 Å². The molecular formula is C23H15ClN2O2. The third-order valence-corrected chi connectivity index (χ3v) is 4.59. The molecule has 0 fully saturated rings. The van der Waals surface area contributed by atoms with E-state index in [1.165, 1.54) is 10.9 Å². The maximum Gasteiger partial charge on any atom is 0.278 e. The van der Waals surface area contributed by atoms with Crippen LogP contribution in [-0.2, 0) is 0 Å². The number of halogens is 1. The summed E-state index contributed by atoms with van der Waals surface area (Å²) in [6.07, 6.45) is 1.49. The van der Waals surface area contributed by atoms with Crippen molar-refractivity contribution in [3.8, 4) is 11.3 Å². The summed E-state index contributed by atoms with van der Waals surface area (Å²) in [6, 6.07) is 24.8. The van der Waals surface area contributed by atoms with E-state index in [1.807, 2.05) is 36.4 Å². The molecule has 0 unspecified atom stereocenters. The van der Waals surface area contributed by atoms with Crippen LogP contribution in [0.25, 0.3) is 11.3 Å². The molecule has 136 valence electrons. The van der Waals surface area contributed by atoms with Crippen molar-refractivity contribution in [1.82, 2.24) is 9.78 Å². The highest BCUT2D eigenvalue weighted by Crippen LogP contribution is 2.25. The molecule has 0 aliphatic heterocycles. The first-order chi connectivity index (χ1) is 13.6. The molecular weight excluding hydrogens is 372 g/mol. The fourth-order valence-corrected chi connectivity index (χ4v) is 3.05. The lowest BCUT2D eigenvalue weighted by Gasteiger charge is -2.02. The molecule has 1 heterocycles. The van der Waals surface area contributed by atoms with Crippen molar-refractivity contribution in [2.45, 2.75) is 0 Å². The van der Waals surface area contributed by atoms with Crippen molar-refractivity contribution in [2.75, 3.05) is 0 Å². The molecule has 4 nitrogen and oxygen atoms in total. The summed E-state index contributed by atoms with van der Waals surface area (Å²) < 4.78 is 1.21. The van der Waals surface area contributed by atoms with E-state index in [1.54, 1.807) is 48.5 Å². The summed E-state index contributed by atoms with van der Waals surface area (Å²) in [5, 5.41) is 4.98. The Morgan fingerprint density at radius 2 is 1.36 bits per heavy atom. The van der Waals surface area contributed by atoms with E-state index in [0.29, 0.717) is 27.4 Å². The second-order valence-electron chi connectivity index (χ2n) is 6.21. The SMILES string of the molecule is O=C(c1ccccc1)c1cn(C(=O)c2ccc(Cl)cc2)nc1-c1ccccc1. The van der Waals surface area contributed by atoms with Gasteiger partial charge in [-0.2, -0.15) is 5.10 Å². The van der Waals surface area contributed by atoms with Gasteiger partial charge in [-0.1, -0.05) is 72.3 Å². The Bertz CT molecular complexity index is 1130. The van der Waals surface area contributed by atoms with E-state index in [0.717, 1.165) is 5.56 Å². The smallest absolute Gasteiger partial charge is 0.278 e. The van der Waals surface area contributed by atoms with Crippen molar-refractivity contribution < 1.29 is 9.59 Å². The highest BCUT2D eigenvalue weighted by atomic mass is 35.5. The zero-order valence-electron chi connectivity index (χ0n) is 14.7. The first kappa shape index (κ1) is 17.9. The molecule has 0 amide bonds. The standard InChI is InChI=1S/C23H15ClN2O2/c24-19-13-11-18(12-14-19)23(28)26-15-20(22(27)17-9-5-2-6-10-17)21(25-26)16-7-3-1-4-8-16/h1-15H. The number of ketones is 1. The summed E-state index contributed by atoms with van der Waals surface area (Å²) in [4.78, 5) is 25.9. The molecule has 0 atom stereocenters. The largest absolute Gasteiger partial charge is 0.288 e. The van der Waals surface area contributed by atoms with Gasteiger partial charge in [0.1, 0.15) is 5.69 Å². The van der Waals surface area contributed by atoms with Crippen molar-refractivity contribution in [3.63, 3.8) is 0 Å². The Morgan fingerprint density at radius 1 is 0.750 bits per heavy atom. The Hall–Kier alpha value is -3.50. The van der Waals surface area contributed by atoms with Crippen molar-refractivity contribution in [1.29, 1.82) is 0 Å². The maximum absolute atomic E-state index is 13.1. The monoisotopic (exact) mass is 386 g/mol. The third kappa shape index (κ3) is 3.50. The topological polar surface area (TPSA) is 52.0 Å². The number of carbonyl (C=O) groups is 2. The maximum atomic E-state index is 13.1. The molecule has 4 aromatic rings. The average molecular weight is 387 g/mol. The van der Waals surface area contributed by atoms with Gasteiger partial charge >= 0.3 is 0 Å². The molecule has 4 rings (SSSR count). The minimum absolute atomic E-state index is 0.186. The lowest BCUT2D eigenvalue weighted by atomic mass is 10.0.